The summed E-state index contributed by atoms with van der Waals surface area (Å²) in [6.45, 7) is 0.481. The molecule has 2 nitrogen and oxygen atoms in total. The minimum Gasteiger partial charge on any atom is -0.508 e. The standard InChI is InChI=1S/C13H18FNO/c14-12-8-10(16)4-5-11(12)13(9-15)6-2-1-3-7-13/h4-5,8,16H,1-3,6-7,9,15H2. The van der Waals surface area contributed by atoms with Gasteiger partial charge in [-0.25, -0.2) is 4.39 Å². The van der Waals surface area contributed by atoms with Gasteiger partial charge in [0.25, 0.3) is 0 Å². The van der Waals surface area contributed by atoms with E-state index in [1.165, 1.54) is 12.5 Å². The molecule has 0 aromatic heterocycles. The minimum atomic E-state index is -0.327. The second-order valence-corrected chi connectivity index (χ2v) is 4.71. The smallest absolute Gasteiger partial charge is 0.130 e. The summed E-state index contributed by atoms with van der Waals surface area (Å²) in [6.07, 6.45) is 5.33. The van der Waals surface area contributed by atoms with Crippen LogP contribution in [0.25, 0.3) is 0 Å². The third-order valence-electron chi connectivity index (χ3n) is 3.73. The fourth-order valence-electron chi connectivity index (χ4n) is 2.75. The Morgan fingerprint density at radius 2 is 1.94 bits per heavy atom. The lowest BCUT2D eigenvalue weighted by Gasteiger charge is -2.37. The van der Waals surface area contributed by atoms with Gasteiger partial charge in [0, 0.05) is 18.0 Å². The molecule has 0 heterocycles. The van der Waals surface area contributed by atoms with E-state index in [2.05, 4.69) is 0 Å². The molecule has 0 bridgehead atoms. The number of halogens is 1. The van der Waals surface area contributed by atoms with Crippen molar-refractivity contribution in [2.24, 2.45) is 5.73 Å². The van der Waals surface area contributed by atoms with Crippen LogP contribution < -0.4 is 5.73 Å². The van der Waals surface area contributed by atoms with E-state index < -0.39 is 0 Å². The molecule has 0 amide bonds. The van der Waals surface area contributed by atoms with E-state index in [4.69, 9.17) is 5.73 Å². The Balaban J connectivity index is 2.39. The number of phenols is 1. The number of phenolic OH excluding ortho intramolecular Hbond substituents is 1. The number of hydrogen-bond donors (Lipinski definition) is 2. The van der Waals surface area contributed by atoms with E-state index in [-0.39, 0.29) is 17.0 Å². The Morgan fingerprint density at radius 1 is 1.25 bits per heavy atom. The maximum Gasteiger partial charge on any atom is 0.130 e. The summed E-state index contributed by atoms with van der Waals surface area (Å²) < 4.78 is 13.9. The summed E-state index contributed by atoms with van der Waals surface area (Å²) in [5.41, 5.74) is 6.31. The lowest BCUT2D eigenvalue weighted by molar-refractivity contribution is 0.291. The average Bonchev–Trinajstić information content (AvgIpc) is 2.30. The van der Waals surface area contributed by atoms with Gasteiger partial charge in [0.1, 0.15) is 11.6 Å². The predicted molar refractivity (Wildman–Crippen MR) is 61.9 cm³/mol. The second kappa shape index (κ2) is 4.42. The van der Waals surface area contributed by atoms with Gasteiger partial charge >= 0.3 is 0 Å². The maximum atomic E-state index is 13.9. The number of rotatable bonds is 2. The van der Waals surface area contributed by atoms with Crippen molar-refractivity contribution in [1.29, 1.82) is 0 Å². The van der Waals surface area contributed by atoms with Crippen molar-refractivity contribution in [2.45, 2.75) is 37.5 Å². The Morgan fingerprint density at radius 3 is 2.50 bits per heavy atom. The van der Waals surface area contributed by atoms with Crippen molar-refractivity contribution >= 4 is 0 Å². The van der Waals surface area contributed by atoms with E-state index in [1.54, 1.807) is 12.1 Å². The molecule has 1 aromatic carbocycles. The molecular formula is C13H18FNO. The Kier molecular flexibility index (Phi) is 3.15. The molecule has 0 aliphatic heterocycles. The zero-order chi connectivity index (χ0) is 11.6. The predicted octanol–water partition coefficient (Wildman–Crippen LogP) is 2.69. The molecule has 1 aromatic rings. The van der Waals surface area contributed by atoms with Gasteiger partial charge in [0.2, 0.25) is 0 Å². The first-order valence-electron chi connectivity index (χ1n) is 5.87. The first kappa shape index (κ1) is 11.4. The van der Waals surface area contributed by atoms with E-state index in [0.29, 0.717) is 12.1 Å². The highest BCUT2D eigenvalue weighted by Crippen LogP contribution is 2.40. The van der Waals surface area contributed by atoms with E-state index in [1.807, 2.05) is 0 Å². The summed E-state index contributed by atoms with van der Waals surface area (Å²) in [6, 6.07) is 4.41. The Labute approximate surface area is 95.3 Å². The number of aromatic hydroxyl groups is 1. The zero-order valence-corrected chi connectivity index (χ0v) is 9.38. The third kappa shape index (κ3) is 1.92. The van der Waals surface area contributed by atoms with Crippen molar-refractivity contribution in [2.75, 3.05) is 6.54 Å². The van der Waals surface area contributed by atoms with Crippen LogP contribution in [0, 0.1) is 5.82 Å². The molecule has 1 aliphatic rings. The van der Waals surface area contributed by atoms with Crippen molar-refractivity contribution in [3.63, 3.8) is 0 Å². The molecule has 88 valence electrons. The van der Waals surface area contributed by atoms with Gasteiger partial charge in [-0.3, -0.25) is 0 Å². The number of benzene rings is 1. The molecule has 0 spiro atoms. The van der Waals surface area contributed by atoms with Crippen molar-refractivity contribution in [3.05, 3.63) is 29.6 Å². The summed E-state index contributed by atoms with van der Waals surface area (Å²) in [5, 5.41) is 9.22. The van der Waals surface area contributed by atoms with Gasteiger partial charge in [-0.1, -0.05) is 25.3 Å². The molecule has 3 heteroatoms. The molecule has 0 saturated heterocycles. The van der Waals surface area contributed by atoms with Crippen LogP contribution in [0.4, 0.5) is 4.39 Å². The quantitative estimate of drug-likeness (QED) is 0.809. The SMILES string of the molecule is NCC1(c2ccc(O)cc2F)CCCCC1. The molecule has 3 N–H and O–H groups in total. The van der Waals surface area contributed by atoms with E-state index >= 15 is 0 Å². The van der Waals surface area contributed by atoms with Crippen LogP contribution in [0.3, 0.4) is 0 Å². The van der Waals surface area contributed by atoms with Crippen molar-refractivity contribution in [3.8, 4) is 5.75 Å². The summed E-state index contributed by atoms with van der Waals surface area (Å²) in [7, 11) is 0. The molecule has 0 unspecified atom stereocenters. The van der Waals surface area contributed by atoms with Crippen LogP contribution in [-0.2, 0) is 5.41 Å². The number of hydrogen-bond acceptors (Lipinski definition) is 2. The van der Waals surface area contributed by atoms with Gasteiger partial charge in [-0.15, -0.1) is 0 Å². The van der Waals surface area contributed by atoms with Crippen molar-refractivity contribution in [1.82, 2.24) is 0 Å². The summed E-state index contributed by atoms with van der Waals surface area (Å²) in [5.74, 6) is -0.350. The zero-order valence-electron chi connectivity index (χ0n) is 9.38. The van der Waals surface area contributed by atoms with Gasteiger partial charge in [-0.05, 0) is 24.5 Å². The van der Waals surface area contributed by atoms with Crippen LogP contribution in [0.15, 0.2) is 18.2 Å². The second-order valence-electron chi connectivity index (χ2n) is 4.71. The number of nitrogens with two attached hydrogens (primary N) is 1. The molecular weight excluding hydrogens is 205 g/mol. The van der Waals surface area contributed by atoms with Crippen LogP contribution in [0.5, 0.6) is 5.75 Å². The fourth-order valence-corrected chi connectivity index (χ4v) is 2.75. The lowest BCUT2D eigenvalue weighted by Crippen LogP contribution is -2.37. The van der Waals surface area contributed by atoms with E-state index in [0.717, 1.165) is 25.7 Å². The van der Waals surface area contributed by atoms with E-state index in [9.17, 15) is 9.50 Å². The summed E-state index contributed by atoms with van der Waals surface area (Å²) >= 11 is 0. The summed E-state index contributed by atoms with van der Waals surface area (Å²) in [4.78, 5) is 0. The lowest BCUT2D eigenvalue weighted by atomic mass is 9.69. The highest BCUT2D eigenvalue weighted by molar-refractivity contribution is 5.34. The average molecular weight is 223 g/mol. The molecule has 1 saturated carbocycles. The molecule has 1 fully saturated rings. The van der Waals surface area contributed by atoms with Crippen molar-refractivity contribution < 1.29 is 9.50 Å². The Hall–Kier alpha value is -1.09. The highest BCUT2D eigenvalue weighted by Gasteiger charge is 2.34. The molecule has 16 heavy (non-hydrogen) atoms. The molecule has 0 atom stereocenters. The van der Waals surface area contributed by atoms with Crippen LogP contribution >= 0.6 is 0 Å². The van der Waals surface area contributed by atoms with Crippen LogP contribution in [0.1, 0.15) is 37.7 Å². The molecule has 1 aliphatic carbocycles. The first-order valence-corrected chi connectivity index (χ1v) is 5.87. The van der Waals surface area contributed by atoms with Crippen LogP contribution in [0.2, 0.25) is 0 Å². The monoisotopic (exact) mass is 223 g/mol. The molecule has 2 rings (SSSR count). The largest absolute Gasteiger partial charge is 0.508 e. The first-order chi connectivity index (χ1) is 7.68. The highest BCUT2D eigenvalue weighted by atomic mass is 19.1. The Bertz CT molecular complexity index is 372. The van der Waals surface area contributed by atoms with Crippen LogP contribution in [-0.4, -0.2) is 11.7 Å². The third-order valence-corrected chi connectivity index (χ3v) is 3.73. The fraction of sp³-hybridized carbons (Fsp3) is 0.538. The maximum absolute atomic E-state index is 13.9. The van der Waals surface area contributed by atoms with Gasteiger partial charge in [-0.2, -0.15) is 0 Å². The normalized spacial score (nSPS) is 19.6. The minimum absolute atomic E-state index is 0.0239. The van der Waals surface area contributed by atoms with Gasteiger partial charge in [0.15, 0.2) is 0 Å². The van der Waals surface area contributed by atoms with Gasteiger partial charge in [0.05, 0.1) is 0 Å². The molecule has 0 radical (unpaired) electrons. The topological polar surface area (TPSA) is 46.2 Å². The van der Waals surface area contributed by atoms with Gasteiger partial charge < -0.3 is 10.8 Å².